The minimum Gasteiger partial charge on any atom is -0.336 e. The highest BCUT2D eigenvalue weighted by molar-refractivity contribution is 7.09. The summed E-state index contributed by atoms with van der Waals surface area (Å²) in [7, 11) is 4.05. The molecule has 0 aromatic carbocycles. The molecule has 6 nitrogen and oxygen atoms in total. The van der Waals surface area contributed by atoms with Crippen molar-refractivity contribution < 1.29 is 4.79 Å². The molecule has 0 saturated carbocycles. The maximum absolute atomic E-state index is 12.2. The van der Waals surface area contributed by atoms with Crippen LogP contribution in [0.2, 0.25) is 0 Å². The van der Waals surface area contributed by atoms with Crippen molar-refractivity contribution in [3.63, 3.8) is 0 Å². The van der Waals surface area contributed by atoms with E-state index in [1.807, 2.05) is 25.9 Å². The molecule has 0 spiro atoms. The highest BCUT2D eigenvalue weighted by Crippen LogP contribution is 2.12. The van der Waals surface area contributed by atoms with Crippen LogP contribution < -0.4 is 5.32 Å². The first-order chi connectivity index (χ1) is 10.5. The van der Waals surface area contributed by atoms with Gasteiger partial charge in [-0.3, -0.25) is 4.90 Å². The lowest BCUT2D eigenvalue weighted by molar-refractivity contribution is 0.133. The van der Waals surface area contributed by atoms with E-state index >= 15 is 0 Å². The number of piperazine rings is 1. The number of carbonyl (C=O) groups excluding carboxylic acids is 1. The molecule has 7 heteroatoms. The molecule has 1 aliphatic rings. The van der Waals surface area contributed by atoms with E-state index in [1.165, 1.54) is 0 Å². The van der Waals surface area contributed by atoms with Gasteiger partial charge >= 0.3 is 6.03 Å². The summed E-state index contributed by atoms with van der Waals surface area (Å²) in [5.74, 6) is 0. The molecule has 1 unspecified atom stereocenters. The second-order valence-electron chi connectivity index (χ2n) is 6.12. The fourth-order valence-corrected chi connectivity index (χ4v) is 2.95. The van der Waals surface area contributed by atoms with Crippen LogP contribution >= 0.6 is 11.3 Å². The highest BCUT2D eigenvalue weighted by atomic mass is 32.1. The molecule has 1 aromatic heterocycles. The van der Waals surface area contributed by atoms with Crippen molar-refractivity contribution in [1.82, 2.24) is 25.0 Å². The van der Waals surface area contributed by atoms with E-state index in [1.54, 1.807) is 11.3 Å². The topological polar surface area (TPSA) is 51.7 Å². The number of rotatable bonds is 5. The van der Waals surface area contributed by atoms with Crippen LogP contribution in [-0.2, 0) is 6.54 Å². The van der Waals surface area contributed by atoms with Crippen molar-refractivity contribution in [2.75, 3.05) is 46.8 Å². The molecule has 22 heavy (non-hydrogen) atoms. The standard InChI is InChI=1S/C15H27N5OS/c1-12(18(3)4)9-16-15(21)20-7-5-19(6-8-20)10-14-11-22-13(2)17-14/h11-12H,5-10H2,1-4H3,(H,16,21). The Morgan fingerprint density at radius 2 is 2.09 bits per heavy atom. The molecule has 0 radical (unpaired) electrons. The van der Waals surface area contributed by atoms with Crippen LogP contribution in [0.1, 0.15) is 17.6 Å². The first-order valence-corrected chi connectivity index (χ1v) is 8.66. The number of carbonyl (C=O) groups is 1. The SMILES string of the molecule is Cc1nc(CN2CCN(C(=O)NCC(C)N(C)C)CC2)cs1. The number of urea groups is 1. The van der Waals surface area contributed by atoms with Gasteiger partial charge in [-0.2, -0.15) is 0 Å². The zero-order chi connectivity index (χ0) is 16.1. The first kappa shape index (κ1) is 17.2. The molecular weight excluding hydrogens is 298 g/mol. The monoisotopic (exact) mass is 325 g/mol. The van der Waals surface area contributed by atoms with Crippen molar-refractivity contribution in [2.45, 2.75) is 26.4 Å². The highest BCUT2D eigenvalue weighted by Gasteiger charge is 2.21. The summed E-state index contributed by atoms with van der Waals surface area (Å²) in [4.78, 5) is 23.0. The maximum atomic E-state index is 12.2. The lowest BCUT2D eigenvalue weighted by atomic mass is 10.3. The summed E-state index contributed by atoms with van der Waals surface area (Å²) in [5.41, 5.74) is 1.14. The van der Waals surface area contributed by atoms with Gasteiger partial charge < -0.3 is 15.1 Å². The predicted octanol–water partition coefficient (Wildman–Crippen LogP) is 1.23. The second kappa shape index (κ2) is 7.89. The number of nitrogens with one attached hydrogen (secondary N) is 1. The number of thiazole rings is 1. The Kier molecular flexibility index (Phi) is 6.16. The zero-order valence-electron chi connectivity index (χ0n) is 14.0. The molecule has 1 aliphatic heterocycles. The fourth-order valence-electron chi connectivity index (χ4n) is 2.35. The van der Waals surface area contributed by atoms with Gasteiger partial charge in [0.05, 0.1) is 10.7 Å². The van der Waals surface area contributed by atoms with Gasteiger partial charge in [0.2, 0.25) is 0 Å². The van der Waals surface area contributed by atoms with Crippen LogP contribution in [0.15, 0.2) is 5.38 Å². The minimum atomic E-state index is 0.0536. The Hall–Kier alpha value is -1.18. The fraction of sp³-hybridized carbons (Fsp3) is 0.733. The smallest absolute Gasteiger partial charge is 0.317 e. The molecule has 2 rings (SSSR count). The number of hydrogen-bond donors (Lipinski definition) is 1. The van der Waals surface area contributed by atoms with Gasteiger partial charge in [-0.1, -0.05) is 0 Å². The van der Waals surface area contributed by atoms with E-state index in [9.17, 15) is 4.79 Å². The van der Waals surface area contributed by atoms with E-state index in [2.05, 4.69) is 32.4 Å². The average Bonchev–Trinajstić information content (AvgIpc) is 2.90. The van der Waals surface area contributed by atoms with Crippen molar-refractivity contribution >= 4 is 17.4 Å². The average molecular weight is 325 g/mol. The molecule has 0 bridgehead atoms. The van der Waals surface area contributed by atoms with Crippen molar-refractivity contribution in [2.24, 2.45) is 0 Å². The molecule has 1 aromatic rings. The molecule has 2 amide bonds. The van der Waals surface area contributed by atoms with Crippen LogP contribution in [0.5, 0.6) is 0 Å². The quantitative estimate of drug-likeness (QED) is 0.885. The summed E-state index contributed by atoms with van der Waals surface area (Å²) in [6.45, 7) is 9.10. The third-order valence-electron chi connectivity index (χ3n) is 4.14. The molecule has 124 valence electrons. The Balaban J connectivity index is 1.71. The van der Waals surface area contributed by atoms with Crippen molar-refractivity contribution in [1.29, 1.82) is 0 Å². The summed E-state index contributed by atoms with van der Waals surface area (Å²) < 4.78 is 0. The van der Waals surface area contributed by atoms with E-state index in [-0.39, 0.29) is 6.03 Å². The molecule has 1 atom stereocenters. The van der Waals surface area contributed by atoms with Gasteiger partial charge in [0.15, 0.2) is 0 Å². The van der Waals surface area contributed by atoms with E-state index in [0.717, 1.165) is 43.4 Å². The van der Waals surface area contributed by atoms with Gasteiger partial charge in [0.1, 0.15) is 0 Å². The number of aromatic nitrogens is 1. The molecule has 2 heterocycles. The normalized spacial score (nSPS) is 17.8. The molecule has 1 fully saturated rings. The molecular formula is C15H27N5OS. The number of hydrogen-bond acceptors (Lipinski definition) is 5. The molecule has 1 N–H and O–H groups in total. The first-order valence-electron chi connectivity index (χ1n) is 7.78. The zero-order valence-corrected chi connectivity index (χ0v) is 14.8. The van der Waals surface area contributed by atoms with Gasteiger partial charge in [-0.25, -0.2) is 9.78 Å². The van der Waals surface area contributed by atoms with Crippen molar-refractivity contribution in [3.05, 3.63) is 16.1 Å². The Labute approximate surface area is 137 Å². The number of aryl methyl sites for hydroxylation is 1. The molecule has 0 aliphatic carbocycles. The lowest BCUT2D eigenvalue weighted by Gasteiger charge is -2.34. The van der Waals surface area contributed by atoms with E-state index < -0.39 is 0 Å². The van der Waals surface area contributed by atoms with Crippen molar-refractivity contribution in [3.8, 4) is 0 Å². The summed E-state index contributed by atoms with van der Waals surface area (Å²) >= 11 is 1.69. The van der Waals surface area contributed by atoms with E-state index in [0.29, 0.717) is 12.6 Å². The van der Waals surface area contributed by atoms with Crippen LogP contribution in [0.3, 0.4) is 0 Å². The third-order valence-corrected chi connectivity index (χ3v) is 4.96. The summed E-state index contributed by atoms with van der Waals surface area (Å²) in [6.07, 6.45) is 0. The van der Waals surface area contributed by atoms with Gasteiger partial charge in [-0.05, 0) is 27.9 Å². The lowest BCUT2D eigenvalue weighted by Crippen LogP contribution is -2.52. The van der Waals surface area contributed by atoms with Gasteiger partial charge in [0, 0.05) is 50.7 Å². The maximum Gasteiger partial charge on any atom is 0.317 e. The van der Waals surface area contributed by atoms with Gasteiger partial charge in [-0.15, -0.1) is 11.3 Å². The number of amides is 2. The summed E-state index contributed by atoms with van der Waals surface area (Å²) in [5, 5.41) is 6.25. The Bertz CT molecular complexity index is 482. The number of likely N-dealkylation sites (N-methyl/N-ethyl adjacent to an activating group) is 1. The second-order valence-corrected chi connectivity index (χ2v) is 7.18. The Morgan fingerprint density at radius 3 is 2.64 bits per heavy atom. The molecule has 1 saturated heterocycles. The minimum absolute atomic E-state index is 0.0536. The number of nitrogens with zero attached hydrogens (tertiary/aromatic N) is 4. The largest absolute Gasteiger partial charge is 0.336 e. The summed E-state index contributed by atoms with van der Waals surface area (Å²) in [6, 6.07) is 0.399. The van der Waals surface area contributed by atoms with Gasteiger partial charge in [0.25, 0.3) is 0 Å². The Morgan fingerprint density at radius 1 is 1.41 bits per heavy atom. The van der Waals surface area contributed by atoms with Crippen LogP contribution in [-0.4, -0.2) is 78.6 Å². The third kappa shape index (κ3) is 4.93. The van der Waals surface area contributed by atoms with E-state index in [4.69, 9.17) is 0 Å². The van der Waals surface area contributed by atoms with Crippen LogP contribution in [0, 0.1) is 6.92 Å². The predicted molar refractivity (Wildman–Crippen MR) is 90.2 cm³/mol. The van der Waals surface area contributed by atoms with Crippen LogP contribution in [0.4, 0.5) is 4.79 Å². The van der Waals surface area contributed by atoms with Crippen LogP contribution in [0.25, 0.3) is 0 Å².